The zero-order valence-electron chi connectivity index (χ0n) is 18.6. The molecule has 0 aliphatic carbocycles. The van der Waals surface area contributed by atoms with Crippen LogP contribution in [0.25, 0.3) is 33.1 Å². The van der Waals surface area contributed by atoms with E-state index in [2.05, 4.69) is 0 Å². The van der Waals surface area contributed by atoms with Crippen LogP contribution in [0.5, 0.6) is 0 Å². The number of aromatic nitrogens is 2. The maximum Gasteiger partial charge on any atom is 0.488 e. The van der Waals surface area contributed by atoms with Crippen LogP contribution in [-0.4, -0.2) is 37.8 Å². The second-order valence-electron chi connectivity index (χ2n) is 8.99. The highest BCUT2D eigenvalue weighted by Gasteiger charge is 2.47. The quantitative estimate of drug-likeness (QED) is 0.209. The Morgan fingerprint density at radius 3 is 2.65 bits per heavy atom. The molecular weight excluding hydrogens is 435 g/mol. The molecule has 4 heterocycles. The van der Waals surface area contributed by atoms with Gasteiger partial charge in [0.25, 0.3) is 5.56 Å². The van der Waals surface area contributed by atoms with Gasteiger partial charge in [-0.2, -0.15) is 0 Å². The average molecular weight is 456 g/mol. The molecule has 6 rings (SSSR count). The lowest BCUT2D eigenvalue weighted by molar-refractivity contribution is -0.177. The van der Waals surface area contributed by atoms with E-state index < -0.39 is 24.8 Å². The molecule has 0 amide bonds. The summed E-state index contributed by atoms with van der Waals surface area (Å²) < 4.78 is 6.92. The molecule has 0 fully saturated rings. The van der Waals surface area contributed by atoms with Gasteiger partial charge in [-0.25, -0.2) is 9.78 Å². The van der Waals surface area contributed by atoms with E-state index >= 15 is 0 Å². The van der Waals surface area contributed by atoms with Crippen LogP contribution in [0.3, 0.4) is 0 Å². The first kappa shape index (κ1) is 21.0. The summed E-state index contributed by atoms with van der Waals surface area (Å²) in [5.74, 6) is -0.752. The predicted octanol–water partition coefficient (Wildman–Crippen LogP) is 1.47. The molecule has 170 valence electrons. The molecule has 2 aliphatic heterocycles. The number of aliphatic hydroxyl groups is 1. The van der Waals surface area contributed by atoms with E-state index in [4.69, 9.17) is 9.72 Å². The predicted molar refractivity (Wildman–Crippen MR) is 127 cm³/mol. The topological polar surface area (TPSA) is 122 Å². The van der Waals surface area contributed by atoms with Crippen molar-refractivity contribution in [1.29, 1.82) is 0 Å². The molecule has 2 aromatic carbocycles. The van der Waals surface area contributed by atoms with Crippen molar-refractivity contribution in [3.63, 3.8) is 0 Å². The highest BCUT2D eigenvalue weighted by atomic mass is 16.6. The summed E-state index contributed by atoms with van der Waals surface area (Å²) in [4.78, 5) is 30.9. The Bertz CT molecular complexity index is 1610. The molecule has 2 atom stereocenters. The standard InChI is InChI=1S/C25H21BN2O6/c1-3-25(31)18-10-20-22-14(11-28(20)23(29)21(18)12(2)34-24(25)30)8-17-16-9-15(26(32)33)6-4-13(16)5-7-19(17)27-22/h4-10,12,31-33H,3,11H2,1-2H3/t12?,25-/m0/s1. The van der Waals surface area contributed by atoms with Crippen molar-refractivity contribution in [2.45, 2.75) is 38.5 Å². The summed E-state index contributed by atoms with van der Waals surface area (Å²) in [6, 6.07) is 12.7. The van der Waals surface area contributed by atoms with Crippen molar-refractivity contribution in [2.24, 2.45) is 0 Å². The number of ether oxygens (including phenoxy) is 1. The molecule has 0 saturated carbocycles. The SMILES string of the molecule is CC[C@@]1(O)C(=O)OC(C)c2c1cc1n(c2=O)Cc2cc3c(ccc4ccc(B(O)O)cc43)nc2-1. The normalized spacial score (nSPS) is 20.7. The Kier molecular flexibility index (Phi) is 4.32. The lowest BCUT2D eigenvalue weighted by atomic mass is 9.79. The minimum atomic E-state index is -1.88. The summed E-state index contributed by atoms with van der Waals surface area (Å²) in [7, 11) is -1.58. The third-order valence-corrected chi connectivity index (χ3v) is 7.11. The number of nitrogens with zero attached hydrogens (tertiary/aromatic N) is 2. The van der Waals surface area contributed by atoms with Gasteiger partial charge in [0, 0.05) is 16.5 Å². The van der Waals surface area contributed by atoms with Gasteiger partial charge >= 0.3 is 13.1 Å². The number of cyclic esters (lactones) is 1. The van der Waals surface area contributed by atoms with Gasteiger partial charge in [-0.15, -0.1) is 0 Å². The summed E-state index contributed by atoms with van der Waals surface area (Å²) in [5, 5.41) is 32.9. The number of pyridine rings is 2. The first-order chi connectivity index (χ1) is 16.2. The van der Waals surface area contributed by atoms with Crippen LogP contribution in [-0.2, 0) is 21.7 Å². The van der Waals surface area contributed by atoms with Crippen LogP contribution in [0, 0.1) is 0 Å². The number of hydrogen-bond donors (Lipinski definition) is 3. The van der Waals surface area contributed by atoms with E-state index in [0.29, 0.717) is 28.9 Å². The minimum absolute atomic E-state index is 0.0808. The minimum Gasteiger partial charge on any atom is -0.455 e. The largest absolute Gasteiger partial charge is 0.488 e. The van der Waals surface area contributed by atoms with Crippen molar-refractivity contribution in [2.75, 3.05) is 0 Å². The molecule has 0 bridgehead atoms. The number of carbonyl (C=O) groups excluding carboxylic acids is 1. The van der Waals surface area contributed by atoms with E-state index in [-0.39, 0.29) is 23.1 Å². The van der Waals surface area contributed by atoms with E-state index in [1.54, 1.807) is 36.6 Å². The molecule has 8 nitrogen and oxygen atoms in total. The molecule has 34 heavy (non-hydrogen) atoms. The summed E-state index contributed by atoms with van der Waals surface area (Å²) >= 11 is 0. The van der Waals surface area contributed by atoms with Gasteiger partial charge in [-0.1, -0.05) is 31.2 Å². The summed E-state index contributed by atoms with van der Waals surface area (Å²) in [6.07, 6.45) is -0.681. The zero-order valence-corrected chi connectivity index (χ0v) is 18.6. The lowest BCUT2D eigenvalue weighted by Crippen LogP contribution is -2.45. The van der Waals surface area contributed by atoms with Crippen molar-refractivity contribution < 1.29 is 24.7 Å². The fourth-order valence-corrected chi connectivity index (χ4v) is 5.22. The Morgan fingerprint density at radius 2 is 1.91 bits per heavy atom. The first-order valence-electron chi connectivity index (χ1n) is 11.2. The van der Waals surface area contributed by atoms with Crippen molar-refractivity contribution in [1.82, 2.24) is 9.55 Å². The van der Waals surface area contributed by atoms with Crippen LogP contribution < -0.4 is 11.0 Å². The maximum atomic E-state index is 13.5. The van der Waals surface area contributed by atoms with E-state index in [0.717, 1.165) is 21.7 Å². The van der Waals surface area contributed by atoms with Crippen molar-refractivity contribution in [3.05, 3.63) is 69.5 Å². The highest BCUT2D eigenvalue weighted by molar-refractivity contribution is 6.59. The van der Waals surface area contributed by atoms with Gasteiger partial charge in [0.15, 0.2) is 5.60 Å². The molecule has 0 saturated heterocycles. The van der Waals surface area contributed by atoms with Crippen LogP contribution in [0.1, 0.15) is 43.1 Å². The second-order valence-corrected chi connectivity index (χ2v) is 8.99. The molecule has 2 aliphatic rings. The van der Waals surface area contributed by atoms with Gasteiger partial charge in [0.1, 0.15) is 6.10 Å². The number of carbonyl (C=O) groups is 1. The summed E-state index contributed by atoms with van der Waals surface area (Å²) in [5.41, 5.74) is 1.45. The van der Waals surface area contributed by atoms with Gasteiger partial charge in [0.2, 0.25) is 0 Å². The molecule has 1 unspecified atom stereocenters. The van der Waals surface area contributed by atoms with Crippen LogP contribution in [0.2, 0.25) is 0 Å². The molecule has 9 heteroatoms. The molecule has 0 radical (unpaired) electrons. The third kappa shape index (κ3) is 2.68. The van der Waals surface area contributed by atoms with Gasteiger partial charge in [-0.3, -0.25) is 4.79 Å². The van der Waals surface area contributed by atoms with E-state index in [1.165, 1.54) is 0 Å². The number of fused-ring (bicyclic) bond motifs is 7. The number of benzene rings is 2. The molecule has 3 N–H and O–H groups in total. The Balaban J connectivity index is 1.61. The second kappa shape index (κ2) is 6.99. The summed E-state index contributed by atoms with van der Waals surface area (Å²) in [6.45, 7) is 3.60. The molecular formula is C25H21BN2O6. The Labute approximate surface area is 194 Å². The third-order valence-electron chi connectivity index (χ3n) is 7.11. The van der Waals surface area contributed by atoms with Crippen molar-refractivity contribution in [3.8, 4) is 11.4 Å². The number of esters is 1. The van der Waals surface area contributed by atoms with Crippen LogP contribution >= 0.6 is 0 Å². The van der Waals surface area contributed by atoms with Gasteiger partial charge < -0.3 is 24.5 Å². The lowest BCUT2D eigenvalue weighted by Gasteiger charge is -2.34. The number of rotatable bonds is 2. The Morgan fingerprint density at radius 1 is 1.15 bits per heavy atom. The maximum absolute atomic E-state index is 13.5. The molecule has 4 aromatic rings. The van der Waals surface area contributed by atoms with E-state index in [1.807, 2.05) is 24.3 Å². The van der Waals surface area contributed by atoms with E-state index in [9.17, 15) is 24.7 Å². The fraction of sp³-hybridized carbons (Fsp3) is 0.240. The number of hydrogen-bond acceptors (Lipinski definition) is 7. The average Bonchev–Trinajstić information content (AvgIpc) is 3.18. The fourth-order valence-electron chi connectivity index (χ4n) is 5.22. The van der Waals surface area contributed by atoms with Crippen LogP contribution in [0.4, 0.5) is 0 Å². The van der Waals surface area contributed by atoms with Crippen molar-refractivity contribution >= 4 is 40.2 Å². The highest BCUT2D eigenvalue weighted by Crippen LogP contribution is 2.42. The first-order valence-corrected chi connectivity index (χ1v) is 11.2. The van der Waals surface area contributed by atoms with Crippen LogP contribution in [0.15, 0.2) is 47.3 Å². The van der Waals surface area contributed by atoms with Gasteiger partial charge in [0.05, 0.1) is 29.0 Å². The smallest absolute Gasteiger partial charge is 0.455 e. The Hall–Kier alpha value is -3.53. The zero-order chi connectivity index (χ0) is 23.9. The monoisotopic (exact) mass is 456 g/mol. The van der Waals surface area contributed by atoms with Gasteiger partial charge in [-0.05, 0) is 47.8 Å². The molecule has 2 aromatic heterocycles. The molecule has 0 spiro atoms.